The number of hydrogen-bond acceptors (Lipinski definition) is 2. The summed E-state index contributed by atoms with van der Waals surface area (Å²) in [5.74, 6) is 0.605. The molecule has 0 N–H and O–H groups in total. The Bertz CT molecular complexity index is 762. The van der Waals surface area contributed by atoms with Crippen molar-refractivity contribution in [2.24, 2.45) is 0 Å². The normalized spacial score (nSPS) is 11.2. The lowest BCUT2D eigenvalue weighted by molar-refractivity contribution is 1.12. The van der Waals surface area contributed by atoms with Gasteiger partial charge in [-0.2, -0.15) is 0 Å². The van der Waals surface area contributed by atoms with Gasteiger partial charge in [-0.3, -0.25) is 4.40 Å². The van der Waals surface area contributed by atoms with Crippen LogP contribution >= 0.6 is 46.4 Å². The van der Waals surface area contributed by atoms with Crippen molar-refractivity contribution >= 4 is 52.1 Å². The van der Waals surface area contributed by atoms with Crippen LogP contribution in [-0.4, -0.2) is 14.4 Å². The average Bonchev–Trinajstić information content (AvgIpc) is 2.71. The third kappa shape index (κ3) is 2.39. The van der Waals surface area contributed by atoms with Crippen molar-refractivity contribution in [1.82, 2.24) is 14.4 Å². The monoisotopic (exact) mass is 331 g/mol. The van der Waals surface area contributed by atoms with Gasteiger partial charge in [0.2, 0.25) is 0 Å². The molecule has 0 spiro atoms. The van der Waals surface area contributed by atoms with Crippen molar-refractivity contribution in [3.8, 4) is 11.4 Å². The van der Waals surface area contributed by atoms with Gasteiger partial charge in [0.05, 0.1) is 6.20 Å². The number of hydrogen-bond donors (Lipinski definition) is 0. The first-order chi connectivity index (χ1) is 9.04. The topological polar surface area (TPSA) is 30.2 Å². The Morgan fingerprint density at radius 1 is 0.895 bits per heavy atom. The zero-order chi connectivity index (χ0) is 13.6. The van der Waals surface area contributed by atoms with Crippen LogP contribution in [0.5, 0.6) is 0 Å². The van der Waals surface area contributed by atoms with Gasteiger partial charge in [-0.25, -0.2) is 9.97 Å². The first kappa shape index (κ1) is 13.0. The third-order valence-corrected chi connectivity index (χ3v) is 3.45. The van der Waals surface area contributed by atoms with Crippen LogP contribution in [0.2, 0.25) is 20.4 Å². The molecule has 0 aliphatic carbocycles. The van der Waals surface area contributed by atoms with Gasteiger partial charge in [0.15, 0.2) is 5.65 Å². The summed E-state index contributed by atoms with van der Waals surface area (Å²) >= 11 is 24.0. The fourth-order valence-electron chi connectivity index (χ4n) is 1.82. The van der Waals surface area contributed by atoms with Gasteiger partial charge in [-0.1, -0.05) is 46.4 Å². The summed E-state index contributed by atoms with van der Waals surface area (Å²) < 4.78 is 1.68. The second kappa shape index (κ2) is 4.84. The number of rotatable bonds is 1. The van der Waals surface area contributed by atoms with E-state index in [1.165, 1.54) is 0 Å². The first-order valence-electron chi connectivity index (χ1n) is 5.20. The van der Waals surface area contributed by atoms with Crippen LogP contribution in [-0.2, 0) is 0 Å². The second-order valence-corrected chi connectivity index (χ2v) is 5.48. The second-order valence-electron chi connectivity index (χ2n) is 3.84. The van der Waals surface area contributed by atoms with Gasteiger partial charge in [0, 0.05) is 21.7 Å². The molecule has 0 bridgehead atoms. The van der Waals surface area contributed by atoms with Crippen LogP contribution in [0.4, 0.5) is 0 Å². The van der Waals surface area contributed by atoms with Crippen LogP contribution in [0.15, 0.2) is 30.5 Å². The van der Waals surface area contributed by atoms with Gasteiger partial charge in [0.25, 0.3) is 0 Å². The lowest BCUT2D eigenvalue weighted by Gasteiger charge is -2.05. The maximum atomic E-state index is 6.17. The predicted molar refractivity (Wildman–Crippen MR) is 78.5 cm³/mol. The van der Waals surface area contributed by atoms with E-state index < -0.39 is 0 Å². The van der Waals surface area contributed by atoms with Crippen LogP contribution in [0, 0.1) is 0 Å². The van der Waals surface area contributed by atoms with Crippen molar-refractivity contribution in [3.63, 3.8) is 0 Å². The summed E-state index contributed by atoms with van der Waals surface area (Å²) in [6.45, 7) is 0. The molecule has 0 aliphatic heterocycles. The molecule has 2 heterocycles. The molecule has 19 heavy (non-hydrogen) atoms. The Labute approximate surface area is 128 Å². The highest BCUT2D eigenvalue weighted by molar-refractivity contribution is 6.35. The summed E-state index contributed by atoms with van der Waals surface area (Å²) in [5, 5.41) is 1.78. The largest absolute Gasteiger partial charge is 0.266 e. The molecule has 1 aromatic carbocycles. The Kier molecular flexibility index (Phi) is 3.31. The molecule has 0 amide bonds. The van der Waals surface area contributed by atoms with Crippen LogP contribution in [0.25, 0.3) is 17.0 Å². The third-order valence-electron chi connectivity index (χ3n) is 2.54. The van der Waals surface area contributed by atoms with E-state index in [2.05, 4.69) is 9.97 Å². The summed E-state index contributed by atoms with van der Waals surface area (Å²) in [6, 6.07) is 6.72. The first-order valence-corrected chi connectivity index (χ1v) is 6.72. The maximum Gasteiger partial charge on any atom is 0.159 e. The molecule has 0 radical (unpaired) electrons. The Morgan fingerprint density at radius 3 is 2.26 bits per heavy atom. The van der Waals surface area contributed by atoms with Crippen molar-refractivity contribution in [1.29, 1.82) is 0 Å². The minimum atomic E-state index is 0.313. The molecule has 0 saturated carbocycles. The maximum absolute atomic E-state index is 6.17. The Hall–Kier alpha value is -1.00. The lowest BCUT2D eigenvalue weighted by atomic mass is 10.2. The Morgan fingerprint density at radius 2 is 1.58 bits per heavy atom. The van der Waals surface area contributed by atoms with Gasteiger partial charge >= 0.3 is 0 Å². The highest BCUT2D eigenvalue weighted by Crippen LogP contribution is 2.29. The number of imidazole rings is 1. The summed E-state index contributed by atoms with van der Waals surface area (Å²) in [6.07, 6.45) is 1.59. The van der Waals surface area contributed by atoms with E-state index in [9.17, 15) is 0 Å². The molecule has 0 fully saturated rings. The average molecular weight is 333 g/mol. The van der Waals surface area contributed by atoms with E-state index >= 15 is 0 Å². The van der Waals surface area contributed by atoms with Gasteiger partial charge in [-0.15, -0.1) is 0 Å². The number of halogens is 4. The zero-order valence-electron chi connectivity index (χ0n) is 9.24. The summed E-state index contributed by atoms with van der Waals surface area (Å²) in [5.41, 5.74) is 1.31. The Balaban J connectivity index is 2.31. The molecular formula is C12H5Cl4N3. The molecule has 3 rings (SSSR count). The molecule has 96 valence electrons. The number of nitrogens with zero attached hydrogens (tertiary/aromatic N) is 3. The quantitative estimate of drug-likeness (QED) is 0.586. The van der Waals surface area contributed by atoms with Crippen molar-refractivity contribution < 1.29 is 0 Å². The fourth-order valence-corrected chi connectivity index (χ4v) is 2.87. The van der Waals surface area contributed by atoms with E-state index in [-0.39, 0.29) is 0 Å². The lowest BCUT2D eigenvalue weighted by Crippen LogP contribution is -1.93. The van der Waals surface area contributed by atoms with Crippen molar-refractivity contribution in [3.05, 3.63) is 50.8 Å². The molecule has 7 heteroatoms. The highest BCUT2D eigenvalue weighted by Gasteiger charge is 2.12. The van der Waals surface area contributed by atoms with E-state index in [1.807, 2.05) is 0 Å². The van der Waals surface area contributed by atoms with Crippen LogP contribution in [0.3, 0.4) is 0 Å². The summed E-state index contributed by atoms with van der Waals surface area (Å²) in [7, 11) is 0. The molecule has 3 aromatic rings. The molecule has 3 nitrogen and oxygen atoms in total. The van der Waals surface area contributed by atoms with Gasteiger partial charge < -0.3 is 0 Å². The minimum Gasteiger partial charge on any atom is -0.266 e. The minimum absolute atomic E-state index is 0.313. The number of fused-ring (bicyclic) bond motifs is 1. The molecule has 0 unspecified atom stereocenters. The molecule has 0 aliphatic rings. The standard InChI is InChI=1S/C12H5Cl4N3/c13-7-1-6(2-8(14)3-7)12-17-5-11-18-9(15)4-10(16)19(11)12/h1-5H. The van der Waals surface area contributed by atoms with Gasteiger partial charge in [0.1, 0.15) is 16.1 Å². The number of aromatic nitrogens is 3. The van der Waals surface area contributed by atoms with E-state index in [0.717, 1.165) is 5.56 Å². The predicted octanol–water partition coefficient (Wildman–Crippen LogP) is 5.01. The van der Waals surface area contributed by atoms with E-state index in [1.54, 1.807) is 34.9 Å². The summed E-state index contributed by atoms with van der Waals surface area (Å²) in [4.78, 5) is 8.43. The SMILES string of the molecule is Clc1cc(Cl)cc(-c2ncc3nc(Cl)cc(Cl)n23)c1. The smallest absolute Gasteiger partial charge is 0.159 e. The van der Waals surface area contributed by atoms with Crippen LogP contribution in [0.1, 0.15) is 0 Å². The van der Waals surface area contributed by atoms with Gasteiger partial charge in [-0.05, 0) is 18.2 Å². The van der Waals surface area contributed by atoms with E-state index in [4.69, 9.17) is 46.4 Å². The molecular weight excluding hydrogens is 328 g/mol. The van der Waals surface area contributed by atoms with Crippen molar-refractivity contribution in [2.45, 2.75) is 0 Å². The van der Waals surface area contributed by atoms with Crippen LogP contribution < -0.4 is 0 Å². The van der Waals surface area contributed by atoms with E-state index in [0.29, 0.717) is 31.8 Å². The number of benzene rings is 1. The molecule has 2 aromatic heterocycles. The molecule has 0 atom stereocenters. The van der Waals surface area contributed by atoms with Crippen molar-refractivity contribution in [2.75, 3.05) is 0 Å². The zero-order valence-corrected chi connectivity index (χ0v) is 12.3. The highest BCUT2D eigenvalue weighted by atomic mass is 35.5. The molecule has 0 saturated heterocycles. The fraction of sp³-hybridized carbons (Fsp3) is 0.